The number of imide groups is 1. The summed E-state index contributed by atoms with van der Waals surface area (Å²) < 4.78 is 6.45. The number of nitro benzene ring substituents is 1. The van der Waals surface area contributed by atoms with E-state index in [4.69, 9.17) is 21.9 Å². The number of hydrogen-bond acceptors (Lipinski definition) is 8. The Hall–Kier alpha value is -3.30. The predicted octanol–water partition coefficient (Wildman–Crippen LogP) is 5.16. The minimum atomic E-state index is -2.35. The minimum Gasteiger partial charge on any atom is -0.412 e. The molecule has 0 fully saturated rings. The van der Waals surface area contributed by atoms with Gasteiger partial charge in [0.05, 0.1) is 21.6 Å². The fraction of sp³-hybridized carbons (Fsp3) is 0.400. The van der Waals surface area contributed by atoms with Crippen molar-refractivity contribution >= 4 is 43.1 Å². The summed E-state index contributed by atoms with van der Waals surface area (Å²) in [5.41, 5.74) is 1.12. The van der Waals surface area contributed by atoms with E-state index in [0.717, 1.165) is 12.1 Å². The van der Waals surface area contributed by atoms with Gasteiger partial charge in [0.1, 0.15) is 12.1 Å². The number of hydrazine groups is 1. The number of nitrogens with one attached hydrogen (secondary N) is 1. The number of carbonyl (C=O) groups is 2. The van der Waals surface area contributed by atoms with Crippen LogP contribution in [0.15, 0.2) is 36.4 Å². The van der Waals surface area contributed by atoms with Crippen molar-refractivity contribution in [3.63, 3.8) is 0 Å². The number of non-ortho nitro benzene ring substituents is 1. The summed E-state index contributed by atoms with van der Waals surface area (Å²) in [6.45, 7) is 13.7. The highest BCUT2D eigenvalue weighted by Crippen LogP contribution is 2.38. The van der Waals surface area contributed by atoms with Crippen LogP contribution in [0.1, 0.15) is 49.2 Å². The topological polar surface area (TPSA) is 152 Å². The molecule has 37 heavy (non-hydrogen) atoms. The summed E-state index contributed by atoms with van der Waals surface area (Å²) >= 11 is 6.33. The van der Waals surface area contributed by atoms with Gasteiger partial charge >= 0.3 is 0 Å². The lowest BCUT2D eigenvalue weighted by atomic mass is 10.1. The first kappa shape index (κ1) is 29.9. The molecule has 0 saturated heterocycles. The van der Waals surface area contributed by atoms with Crippen LogP contribution in [-0.4, -0.2) is 42.2 Å². The number of nitrogens with zero attached hydrogens (tertiary/aromatic N) is 3. The number of hydrogen-bond donors (Lipinski definition) is 2. The summed E-state index contributed by atoms with van der Waals surface area (Å²) in [4.78, 5) is 36.9. The zero-order valence-electron chi connectivity index (χ0n) is 22.0. The average Bonchev–Trinajstić information content (AvgIpc) is 2.82. The molecule has 0 spiro atoms. The van der Waals surface area contributed by atoms with E-state index in [1.807, 2.05) is 19.2 Å². The van der Waals surface area contributed by atoms with Crippen molar-refractivity contribution in [2.75, 3.05) is 5.32 Å². The van der Waals surface area contributed by atoms with Gasteiger partial charge in [0.2, 0.25) is 0 Å². The number of rotatable bonds is 8. The van der Waals surface area contributed by atoms with Gasteiger partial charge in [-0.1, -0.05) is 32.4 Å². The molecule has 0 radical (unpaired) electrons. The number of amides is 2. The zero-order valence-corrected chi connectivity index (χ0v) is 23.7. The van der Waals surface area contributed by atoms with E-state index in [1.54, 1.807) is 19.9 Å². The molecule has 0 aromatic heterocycles. The van der Waals surface area contributed by atoms with Crippen LogP contribution in [0, 0.1) is 28.4 Å². The van der Waals surface area contributed by atoms with Crippen molar-refractivity contribution in [1.29, 1.82) is 5.26 Å². The fourth-order valence-electron chi connectivity index (χ4n) is 3.30. The number of benzene rings is 2. The predicted molar refractivity (Wildman–Crippen MR) is 145 cm³/mol. The molecule has 10 nitrogen and oxygen atoms in total. The van der Waals surface area contributed by atoms with Gasteiger partial charge < -0.3 is 9.74 Å². The maximum Gasteiger partial charge on any atom is 0.274 e. The van der Waals surface area contributed by atoms with Crippen molar-refractivity contribution in [3.8, 4) is 6.07 Å². The lowest BCUT2D eigenvalue weighted by Crippen LogP contribution is -2.56. The van der Waals surface area contributed by atoms with E-state index in [-0.39, 0.29) is 26.9 Å². The molecule has 0 heterocycles. The smallest absolute Gasteiger partial charge is 0.274 e. The number of halogens is 1. The Morgan fingerprint density at radius 1 is 1.22 bits per heavy atom. The maximum atomic E-state index is 13.6. The molecule has 2 aromatic rings. The summed E-state index contributed by atoms with van der Waals surface area (Å²) in [6, 6.07) is 8.85. The first-order valence-corrected chi connectivity index (χ1v) is 14.8. The molecule has 0 aliphatic carbocycles. The highest BCUT2D eigenvalue weighted by Gasteiger charge is 2.42. The molecular weight excluding hydrogens is 514 g/mol. The van der Waals surface area contributed by atoms with Crippen LogP contribution < -0.4 is 11.2 Å². The Kier molecular flexibility index (Phi) is 9.21. The average molecular weight is 546 g/mol. The molecule has 3 N–H and O–H groups in total. The van der Waals surface area contributed by atoms with Crippen LogP contribution in [0.25, 0.3) is 0 Å². The zero-order chi connectivity index (χ0) is 28.3. The molecule has 0 saturated carbocycles. The van der Waals surface area contributed by atoms with Crippen LogP contribution in [0.4, 0.5) is 11.4 Å². The highest BCUT2D eigenvalue weighted by atomic mass is 35.5. The van der Waals surface area contributed by atoms with Crippen molar-refractivity contribution in [2.24, 2.45) is 5.84 Å². The maximum absolute atomic E-state index is 13.6. The fourth-order valence-corrected chi connectivity index (χ4v) is 4.93. The Balaban J connectivity index is 2.45. The molecular formula is C25H32ClN5O5Si. The van der Waals surface area contributed by atoms with Crippen LogP contribution in [-0.2, 0) is 9.22 Å². The molecule has 2 rings (SSSR count). The largest absolute Gasteiger partial charge is 0.412 e. The number of nitro groups is 1. The van der Waals surface area contributed by atoms with Gasteiger partial charge in [-0.2, -0.15) is 5.26 Å². The minimum absolute atomic E-state index is 0.00997. The Bertz CT molecular complexity index is 1240. The Morgan fingerprint density at radius 3 is 2.27 bits per heavy atom. The van der Waals surface area contributed by atoms with Gasteiger partial charge in [0, 0.05) is 23.4 Å². The van der Waals surface area contributed by atoms with Gasteiger partial charge in [-0.15, -0.1) is 0 Å². The number of nitriles is 1. The highest BCUT2D eigenvalue weighted by molar-refractivity contribution is 6.74. The second-order valence-corrected chi connectivity index (χ2v) is 15.4. The van der Waals surface area contributed by atoms with E-state index in [1.165, 1.54) is 18.2 Å². The van der Waals surface area contributed by atoms with Crippen molar-refractivity contribution in [1.82, 2.24) is 5.01 Å². The third kappa shape index (κ3) is 6.72. The number of nitrogens with two attached hydrogens (primary N) is 1. The lowest BCUT2D eigenvalue weighted by Gasteiger charge is -2.40. The standard InChI is InChI=1S/C25H32ClN5O5Si/c1-15-20(13-10-18(14-27)21(15)26)29-22(16(2)36-37(6,7)25(3,4)5)24(33)30(28)23(32)17-8-11-19(12-9-17)31(34)35/h8-13,16,22,29H,28H2,1-7H3. The molecule has 0 aliphatic rings. The Labute approximate surface area is 222 Å². The van der Waals surface area contributed by atoms with Crippen molar-refractivity contribution < 1.29 is 18.9 Å². The van der Waals surface area contributed by atoms with E-state index >= 15 is 0 Å². The van der Waals surface area contributed by atoms with Gasteiger partial charge in [-0.05, 0) is 61.8 Å². The molecule has 198 valence electrons. The van der Waals surface area contributed by atoms with E-state index in [9.17, 15) is 25.0 Å². The SMILES string of the molecule is Cc1c(NC(C(=O)N(N)C(=O)c2ccc([N+](=O)[O-])cc2)C(C)O[Si](C)(C)C(C)(C)C)ccc(C#N)c1Cl. The van der Waals surface area contributed by atoms with Crippen molar-refractivity contribution in [3.05, 3.63) is 68.2 Å². The summed E-state index contributed by atoms with van der Waals surface area (Å²) in [7, 11) is -2.35. The van der Waals surface area contributed by atoms with Crippen LogP contribution in [0.2, 0.25) is 23.2 Å². The summed E-state index contributed by atoms with van der Waals surface area (Å²) in [6.07, 6.45) is -0.710. The van der Waals surface area contributed by atoms with Crippen LogP contribution in [0.5, 0.6) is 0 Å². The molecule has 2 unspecified atom stereocenters. The van der Waals surface area contributed by atoms with E-state index in [2.05, 4.69) is 26.1 Å². The molecule has 12 heteroatoms. The van der Waals surface area contributed by atoms with Gasteiger partial charge in [-0.25, -0.2) is 10.9 Å². The second kappa shape index (κ2) is 11.4. The third-order valence-electron chi connectivity index (χ3n) is 6.62. The number of anilines is 1. The van der Waals surface area contributed by atoms with Crippen molar-refractivity contribution in [2.45, 2.75) is 64.9 Å². The Morgan fingerprint density at radius 2 is 1.78 bits per heavy atom. The quantitative estimate of drug-likeness (QED) is 0.152. The van der Waals surface area contributed by atoms with E-state index < -0.39 is 37.2 Å². The molecule has 2 aromatic carbocycles. The van der Waals surface area contributed by atoms with Gasteiger partial charge in [-0.3, -0.25) is 19.7 Å². The normalized spacial score (nSPS) is 13.3. The van der Waals surface area contributed by atoms with Gasteiger partial charge in [0.25, 0.3) is 17.5 Å². The van der Waals surface area contributed by atoms with Gasteiger partial charge in [0.15, 0.2) is 8.32 Å². The van der Waals surface area contributed by atoms with Crippen LogP contribution in [0.3, 0.4) is 0 Å². The number of carbonyl (C=O) groups excluding carboxylic acids is 2. The molecule has 0 bridgehead atoms. The molecule has 2 atom stereocenters. The monoisotopic (exact) mass is 545 g/mol. The molecule has 0 aliphatic heterocycles. The first-order valence-electron chi connectivity index (χ1n) is 11.5. The third-order valence-corrected chi connectivity index (χ3v) is 11.7. The summed E-state index contributed by atoms with van der Waals surface area (Å²) in [5, 5.41) is 23.9. The lowest BCUT2D eigenvalue weighted by molar-refractivity contribution is -0.384. The summed E-state index contributed by atoms with van der Waals surface area (Å²) in [5.74, 6) is 4.39. The van der Waals surface area contributed by atoms with Crippen LogP contribution >= 0.6 is 11.6 Å². The second-order valence-electron chi connectivity index (χ2n) is 10.2. The molecule has 2 amide bonds. The first-order chi connectivity index (χ1) is 17.0. The van der Waals surface area contributed by atoms with E-state index in [0.29, 0.717) is 16.3 Å².